The van der Waals surface area contributed by atoms with E-state index in [4.69, 9.17) is 30.2 Å². The van der Waals surface area contributed by atoms with Crippen molar-refractivity contribution in [3.05, 3.63) is 87.2 Å². The van der Waals surface area contributed by atoms with E-state index in [1.165, 1.54) is 6.26 Å². The number of aryl methyl sites for hydroxylation is 1. The summed E-state index contributed by atoms with van der Waals surface area (Å²) in [5.74, 6) is 2.04. The number of ether oxygens (including phenoxy) is 3. The monoisotopic (exact) mass is 462 g/mol. The van der Waals surface area contributed by atoms with E-state index in [9.17, 15) is 4.79 Å². The minimum atomic E-state index is -0.0884. The highest BCUT2D eigenvalue weighted by Crippen LogP contribution is 2.35. The van der Waals surface area contributed by atoms with E-state index in [0.717, 1.165) is 35.3 Å². The van der Waals surface area contributed by atoms with Gasteiger partial charge in [-0.3, -0.25) is 4.79 Å². The van der Waals surface area contributed by atoms with E-state index in [0.29, 0.717) is 52.9 Å². The summed E-state index contributed by atoms with van der Waals surface area (Å²) in [6.45, 7) is 3.51. The second-order valence-electron chi connectivity index (χ2n) is 7.96. The molecule has 3 aromatic carbocycles. The van der Waals surface area contributed by atoms with Gasteiger partial charge in [0.2, 0.25) is 5.43 Å². The van der Waals surface area contributed by atoms with Gasteiger partial charge in [-0.1, -0.05) is 43.1 Å². The molecule has 0 bridgehead atoms. The summed E-state index contributed by atoms with van der Waals surface area (Å²) in [5, 5.41) is 1.22. The first-order valence-corrected chi connectivity index (χ1v) is 11.4. The van der Waals surface area contributed by atoms with E-state index < -0.39 is 0 Å². The Kier molecular flexibility index (Phi) is 5.97. The SMILES string of the molecule is CCCc1cc2c(=O)c(-c3ccc4c(c3)OCCO4)coc2cc1OCc1ccc(Cl)cc1. The molecule has 0 aliphatic carbocycles. The van der Waals surface area contributed by atoms with Crippen molar-refractivity contribution in [3.63, 3.8) is 0 Å². The molecule has 168 valence electrons. The van der Waals surface area contributed by atoms with E-state index in [-0.39, 0.29) is 5.43 Å². The lowest BCUT2D eigenvalue weighted by atomic mass is 10.0. The molecule has 2 heterocycles. The summed E-state index contributed by atoms with van der Waals surface area (Å²) in [6, 6.07) is 16.7. The molecular formula is C27H23ClO5. The highest BCUT2D eigenvalue weighted by atomic mass is 35.5. The van der Waals surface area contributed by atoms with E-state index in [1.807, 2.05) is 54.6 Å². The fraction of sp³-hybridized carbons (Fsp3) is 0.222. The zero-order chi connectivity index (χ0) is 22.8. The van der Waals surface area contributed by atoms with Crippen LogP contribution in [-0.2, 0) is 13.0 Å². The van der Waals surface area contributed by atoms with Crippen molar-refractivity contribution in [1.29, 1.82) is 0 Å². The van der Waals surface area contributed by atoms with Crippen LogP contribution >= 0.6 is 11.6 Å². The second kappa shape index (κ2) is 9.20. The van der Waals surface area contributed by atoms with E-state index in [1.54, 1.807) is 0 Å². The van der Waals surface area contributed by atoms with Crippen molar-refractivity contribution in [2.75, 3.05) is 13.2 Å². The number of benzene rings is 3. The zero-order valence-corrected chi connectivity index (χ0v) is 19.0. The minimum absolute atomic E-state index is 0.0884. The predicted octanol–water partition coefficient (Wildman–Crippen LogP) is 6.42. The van der Waals surface area contributed by atoms with Crippen LogP contribution < -0.4 is 19.6 Å². The first-order valence-electron chi connectivity index (χ1n) is 11.0. The first-order chi connectivity index (χ1) is 16.1. The van der Waals surface area contributed by atoms with Crippen LogP contribution in [0.15, 0.2) is 70.1 Å². The minimum Gasteiger partial charge on any atom is -0.488 e. The van der Waals surface area contributed by atoms with Crippen molar-refractivity contribution in [2.45, 2.75) is 26.4 Å². The normalized spacial score (nSPS) is 12.7. The van der Waals surface area contributed by atoms with Gasteiger partial charge in [-0.2, -0.15) is 0 Å². The smallest absolute Gasteiger partial charge is 0.200 e. The Labute approximate surface area is 196 Å². The molecule has 0 fully saturated rings. The van der Waals surface area contributed by atoms with E-state index >= 15 is 0 Å². The van der Waals surface area contributed by atoms with Crippen molar-refractivity contribution >= 4 is 22.6 Å². The summed E-state index contributed by atoms with van der Waals surface area (Å²) in [4.78, 5) is 13.4. The van der Waals surface area contributed by atoms with Crippen molar-refractivity contribution in [2.24, 2.45) is 0 Å². The fourth-order valence-electron chi connectivity index (χ4n) is 3.95. The molecule has 0 amide bonds. The Morgan fingerprint density at radius 3 is 2.55 bits per heavy atom. The first kappa shape index (κ1) is 21.4. The zero-order valence-electron chi connectivity index (χ0n) is 18.2. The Bertz CT molecular complexity index is 1360. The van der Waals surface area contributed by atoms with Gasteiger partial charge < -0.3 is 18.6 Å². The largest absolute Gasteiger partial charge is 0.488 e. The maximum absolute atomic E-state index is 13.4. The van der Waals surface area contributed by atoms with Gasteiger partial charge >= 0.3 is 0 Å². The highest BCUT2D eigenvalue weighted by molar-refractivity contribution is 6.30. The second-order valence-corrected chi connectivity index (χ2v) is 8.39. The Hall–Kier alpha value is -3.44. The third-order valence-corrected chi connectivity index (χ3v) is 5.89. The third kappa shape index (κ3) is 4.41. The summed E-state index contributed by atoms with van der Waals surface area (Å²) in [5.41, 5.74) is 3.61. The van der Waals surface area contributed by atoms with Crippen molar-refractivity contribution in [1.82, 2.24) is 0 Å². The Morgan fingerprint density at radius 2 is 1.76 bits per heavy atom. The molecule has 1 aliphatic heterocycles. The molecule has 4 aromatic rings. The molecule has 0 spiro atoms. The molecule has 1 aliphatic rings. The molecule has 0 N–H and O–H groups in total. The Balaban J connectivity index is 1.51. The van der Waals surface area contributed by atoms with Gasteiger partial charge in [0.1, 0.15) is 37.4 Å². The van der Waals surface area contributed by atoms with Crippen molar-refractivity contribution < 1.29 is 18.6 Å². The van der Waals surface area contributed by atoms with Gasteiger partial charge in [-0.25, -0.2) is 0 Å². The van der Waals surface area contributed by atoms with Gasteiger partial charge in [0.15, 0.2) is 11.5 Å². The van der Waals surface area contributed by atoms with Gasteiger partial charge in [0, 0.05) is 11.1 Å². The van der Waals surface area contributed by atoms with Gasteiger partial charge in [0.25, 0.3) is 0 Å². The molecule has 0 saturated carbocycles. The predicted molar refractivity (Wildman–Crippen MR) is 129 cm³/mol. The third-order valence-electron chi connectivity index (χ3n) is 5.64. The quantitative estimate of drug-likeness (QED) is 0.331. The summed E-state index contributed by atoms with van der Waals surface area (Å²) >= 11 is 5.97. The molecule has 0 atom stereocenters. The molecule has 0 saturated heterocycles. The lowest BCUT2D eigenvalue weighted by Crippen LogP contribution is -2.15. The molecule has 33 heavy (non-hydrogen) atoms. The molecule has 0 radical (unpaired) electrons. The average Bonchev–Trinajstić information content (AvgIpc) is 2.84. The van der Waals surface area contributed by atoms with Gasteiger partial charge in [-0.05, 0) is 53.4 Å². The molecule has 0 unspecified atom stereocenters. The van der Waals surface area contributed by atoms with Crippen LogP contribution in [0.5, 0.6) is 17.2 Å². The maximum Gasteiger partial charge on any atom is 0.200 e. The Morgan fingerprint density at radius 1 is 0.970 bits per heavy atom. The number of fused-ring (bicyclic) bond motifs is 2. The number of hydrogen-bond donors (Lipinski definition) is 0. The molecule has 6 heteroatoms. The molecule has 1 aromatic heterocycles. The van der Waals surface area contributed by atoms with Gasteiger partial charge in [0.05, 0.1) is 10.9 Å². The molecule has 5 rings (SSSR count). The van der Waals surface area contributed by atoms with Crippen LogP contribution in [-0.4, -0.2) is 13.2 Å². The molecule has 5 nitrogen and oxygen atoms in total. The standard InChI is InChI=1S/C27H23ClO5/c1-2-3-19-12-21-25(14-24(19)32-15-17-4-7-20(28)8-5-17)33-16-22(27(21)29)18-6-9-23-26(13-18)31-11-10-30-23/h4-9,12-14,16H,2-3,10-11,15H2,1H3. The van der Waals surface area contributed by atoms with Gasteiger partial charge in [-0.15, -0.1) is 0 Å². The summed E-state index contributed by atoms with van der Waals surface area (Å²) in [7, 11) is 0. The van der Waals surface area contributed by atoms with Crippen LogP contribution in [0.4, 0.5) is 0 Å². The van der Waals surface area contributed by atoms with Crippen LogP contribution in [0, 0.1) is 0 Å². The van der Waals surface area contributed by atoms with Crippen LogP contribution in [0.25, 0.3) is 22.1 Å². The summed E-state index contributed by atoms with van der Waals surface area (Å²) < 4.78 is 23.3. The molecular weight excluding hydrogens is 440 g/mol. The highest BCUT2D eigenvalue weighted by Gasteiger charge is 2.17. The van der Waals surface area contributed by atoms with Crippen LogP contribution in [0.2, 0.25) is 5.02 Å². The lowest BCUT2D eigenvalue weighted by molar-refractivity contribution is 0.171. The maximum atomic E-state index is 13.4. The number of hydrogen-bond acceptors (Lipinski definition) is 5. The average molecular weight is 463 g/mol. The van der Waals surface area contributed by atoms with Crippen LogP contribution in [0.3, 0.4) is 0 Å². The fourth-order valence-corrected chi connectivity index (χ4v) is 4.08. The van der Waals surface area contributed by atoms with Crippen molar-refractivity contribution in [3.8, 4) is 28.4 Å². The van der Waals surface area contributed by atoms with Crippen LogP contribution in [0.1, 0.15) is 24.5 Å². The topological polar surface area (TPSA) is 57.9 Å². The lowest BCUT2D eigenvalue weighted by Gasteiger charge is -2.18. The summed E-state index contributed by atoms with van der Waals surface area (Å²) in [6.07, 6.45) is 3.22. The van der Waals surface area contributed by atoms with E-state index in [2.05, 4.69) is 6.92 Å². The number of rotatable bonds is 6. The number of halogens is 1.